The molecule has 0 saturated heterocycles. The first-order valence-electron chi connectivity index (χ1n) is 5.18. The Kier molecular flexibility index (Phi) is 3.66. The van der Waals surface area contributed by atoms with Gasteiger partial charge in [-0.3, -0.25) is 0 Å². The molecule has 19 heavy (non-hydrogen) atoms. The second-order valence-electron chi connectivity index (χ2n) is 3.65. The fourth-order valence-electron chi connectivity index (χ4n) is 1.45. The van der Waals surface area contributed by atoms with Crippen molar-refractivity contribution in [2.75, 3.05) is 6.61 Å². The summed E-state index contributed by atoms with van der Waals surface area (Å²) in [6, 6.07) is 3.78. The molecule has 2 rings (SSSR count). The molecule has 0 radical (unpaired) electrons. The Balaban J connectivity index is 2.32. The molecule has 6 nitrogen and oxygen atoms in total. The zero-order valence-corrected chi connectivity index (χ0v) is 10.6. The van der Waals surface area contributed by atoms with E-state index < -0.39 is 18.4 Å². The molecule has 1 aromatic heterocycles. The summed E-state index contributed by atoms with van der Waals surface area (Å²) in [6.07, 6.45) is 0. The van der Waals surface area contributed by atoms with Gasteiger partial charge >= 0.3 is 12.0 Å². The lowest BCUT2D eigenvalue weighted by atomic mass is 10.2. The Hall–Kier alpha value is -2.15. The van der Waals surface area contributed by atoms with E-state index in [0.29, 0.717) is 11.4 Å². The highest BCUT2D eigenvalue weighted by atomic mass is 35.5. The molecule has 8 heteroatoms. The quantitative estimate of drug-likeness (QED) is 0.926. The number of ether oxygens (including phenoxy) is 1. The minimum atomic E-state index is -1.13. The van der Waals surface area contributed by atoms with E-state index in [9.17, 15) is 9.18 Å². The smallest absolute Gasteiger partial charge is 0.341 e. The Bertz CT molecular complexity index is 630. The fourth-order valence-corrected chi connectivity index (χ4v) is 1.71. The van der Waals surface area contributed by atoms with E-state index >= 15 is 0 Å². The monoisotopic (exact) mass is 285 g/mol. The number of aliphatic carboxylic acids is 1. The van der Waals surface area contributed by atoms with Gasteiger partial charge < -0.3 is 9.84 Å². The maximum absolute atomic E-state index is 13.0. The van der Waals surface area contributed by atoms with Gasteiger partial charge in [0, 0.05) is 12.6 Å². The predicted octanol–water partition coefficient (Wildman–Crippen LogP) is 1.74. The largest absolute Gasteiger partial charge is 0.479 e. The SMILES string of the molecule is Cn1nc(OCC(=O)O)nc1-c1ccc(F)cc1Cl. The summed E-state index contributed by atoms with van der Waals surface area (Å²) in [6.45, 7) is -0.541. The third-order valence-electron chi connectivity index (χ3n) is 2.24. The summed E-state index contributed by atoms with van der Waals surface area (Å²) < 4.78 is 19.2. The topological polar surface area (TPSA) is 77.2 Å². The number of rotatable bonds is 4. The van der Waals surface area contributed by atoms with E-state index in [1.54, 1.807) is 7.05 Å². The van der Waals surface area contributed by atoms with Crippen LogP contribution in [-0.2, 0) is 11.8 Å². The van der Waals surface area contributed by atoms with E-state index in [1.165, 1.54) is 16.8 Å². The van der Waals surface area contributed by atoms with Crippen LogP contribution in [0.15, 0.2) is 18.2 Å². The molecule has 0 bridgehead atoms. The van der Waals surface area contributed by atoms with Gasteiger partial charge in [-0.25, -0.2) is 13.9 Å². The van der Waals surface area contributed by atoms with Crippen molar-refractivity contribution in [3.63, 3.8) is 0 Å². The van der Waals surface area contributed by atoms with Gasteiger partial charge in [-0.2, -0.15) is 4.98 Å². The summed E-state index contributed by atoms with van der Waals surface area (Å²) in [5, 5.41) is 12.6. The molecular weight excluding hydrogens is 277 g/mol. The number of nitrogens with zero attached hydrogens (tertiary/aromatic N) is 3. The fraction of sp³-hybridized carbons (Fsp3) is 0.182. The van der Waals surface area contributed by atoms with Crippen molar-refractivity contribution in [2.24, 2.45) is 7.05 Å². The Labute approximate surface area is 112 Å². The van der Waals surface area contributed by atoms with E-state index in [0.717, 1.165) is 6.07 Å². The second kappa shape index (κ2) is 5.23. The van der Waals surface area contributed by atoms with E-state index in [1.807, 2.05) is 0 Å². The molecule has 0 atom stereocenters. The Morgan fingerprint density at radius 3 is 2.95 bits per heavy atom. The van der Waals surface area contributed by atoms with E-state index in [4.69, 9.17) is 21.4 Å². The summed E-state index contributed by atoms with van der Waals surface area (Å²) in [5.74, 6) is -1.24. The standard InChI is InChI=1S/C11H9ClFN3O3/c1-16-10(7-3-2-6(13)4-8(7)12)14-11(15-16)19-5-9(17)18/h2-4H,5H2,1H3,(H,17,18). The Morgan fingerprint density at radius 2 is 2.32 bits per heavy atom. The van der Waals surface area contributed by atoms with Crippen LogP contribution in [0.1, 0.15) is 0 Å². The summed E-state index contributed by atoms with van der Waals surface area (Å²) in [5.41, 5.74) is 0.475. The van der Waals surface area contributed by atoms with Crippen molar-refractivity contribution < 1.29 is 19.0 Å². The highest BCUT2D eigenvalue weighted by molar-refractivity contribution is 6.33. The second-order valence-corrected chi connectivity index (χ2v) is 4.06. The summed E-state index contributed by atoms with van der Waals surface area (Å²) in [4.78, 5) is 14.4. The number of benzene rings is 1. The first kappa shape index (κ1) is 13.3. The van der Waals surface area contributed by atoms with Gasteiger partial charge in [-0.15, -0.1) is 5.10 Å². The third kappa shape index (κ3) is 3.00. The van der Waals surface area contributed by atoms with Crippen molar-refractivity contribution in [1.82, 2.24) is 14.8 Å². The number of aromatic nitrogens is 3. The highest BCUT2D eigenvalue weighted by Gasteiger charge is 2.14. The molecule has 0 aliphatic carbocycles. The van der Waals surface area contributed by atoms with Crippen molar-refractivity contribution in [2.45, 2.75) is 0 Å². The van der Waals surface area contributed by atoms with Crippen LogP contribution in [0.4, 0.5) is 4.39 Å². The van der Waals surface area contributed by atoms with Crippen LogP contribution < -0.4 is 4.74 Å². The first-order chi connectivity index (χ1) is 8.97. The molecule has 1 N–H and O–H groups in total. The zero-order chi connectivity index (χ0) is 14.0. The molecule has 0 spiro atoms. The number of hydrogen-bond donors (Lipinski definition) is 1. The lowest BCUT2D eigenvalue weighted by Gasteiger charge is -2.02. The number of carboxylic acids is 1. The van der Waals surface area contributed by atoms with E-state index in [2.05, 4.69) is 10.1 Å². The van der Waals surface area contributed by atoms with Crippen LogP contribution in [-0.4, -0.2) is 32.4 Å². The average Bonchev–Trinajstić information content (AvgIpc) is 2.68. The summed E-state index contributed by atoms with van der Waals surface area (Å²) >= 11 is 5.92. The van der Waals surface area contributed by atoms with Gasteiger partial charge in [0.25, 0.3) is 0 Å². The minimum absolute atomic E-state index is 0.0831. The minimum Gasteiger partial charge on any atom is -0.479 e. The van der Waals surface area contributed by atoms with E-state index in [-0.39, 0.29) is 11.0 Å². The Morgan fingerprint density at radius 1 is 1.58 bits per heavy atom. The van der Waals surface area contributed by atoms with Gasteiger partial charge in [-0.05, 0) is 18.2 Å². The number of aryl methyl sites for hydroxylation is 1. The maximum Gasteiger partial charge on any atom is 0.341 e. The van der Waals surface area contributed by atoms with Crippen molar-refractivity contribution in [1.29, 1.82) is 0 Å². The van der Waals surface area contributed by atoms with Crippen molar-refractivity contribution >= 4 is 17.6 Å². The van der Waals surface area contributed by atoms with Gasteiger partial charge in [0.05, 0.1) is 5.02 Å². The molecule has 1 heterocycles. The zero-order valence-electron chi connectivity index (χ0n) is 9.80. The van der Waals surface area contributed by atoms with Crippen molar-refractivity contribution in [3.8, 4) is 17.4 Å². The molecule has 0 unspecified atom stereocenters. The lowest BCUT2D eigenvalue weighted by molar-refractivity contribution is -0.139. The van der Waals surface area contributed by atoms with Gasteiger partial charge in [0.15, 0.2) is 12.4 Å². The molecule has 0 saturated carbocycles. The molecule has 100 valence electrons. The van der Waals surface area contributed by atoms with Crippen LogP contribution in [0, 0.1) is 5.82 Å². The molecule has 0 amide bonds. The number of carbonyl (C=O) groups is 1. The van der Waals surface area contributed by atoms with Crippen LogP contribution >= 0.6 is 11.6 Å². The van der Waals surface area contributed by atoms with Crippen LogP contribution in [0.25, 0.3) is 11.4 Å². The maximum atomic E-state index is 13.0. The van der Waals surface area contributed by atoms with Gasteiger partial charge in [-0.1, -0.05) is 11.6 Å². The molecule has 2 aromatic rings. The van der Waals surface area contributed by atoms with Gasteiger partial charge in [0.1, 0.15) is 5.82 Å². The lowest BCUT2D eigenvalue weighted by Crippen LogP contribution is -2.10. The number of carboxylic acid groups (broad SMARTS) is 1. The van der Waals surface area contributed by atoms with Crippen LogP contribution in [0.2, 0.25) is 5.02 Å². The van der Waals surface area contributed by atoms with Crippen LogP contribution in [0.5, 0.6) is 6.01 Å². The molecular formula is C11H9ClFN3O3. The molecule has 0 aliphatic heterocycles. The third-order valence-corrected chi connectivity index (χ3v) is 2.55. The average molecular weight is 286 g/mol. The van der Waals surface area contributed by atoms with Gasteiger partial charge in [0.2, 0.25) is 0 Å². The highest BCUT2D eigenvalue weighted by Crippen LogP contribution is 2.27. The normalized spacial score (nSPS) is 10.5. The number of hydrogen-bond acceptors (Lipinski definition) is 4. The summed E-state index contributed by atoms with van der Waals surface area (Å²) in [7, 11) is 1.59. The number of halogens is 2. The first-order valence-corrected chi connectivity index (χ1v) is 5.56. The molecule has 1 aromatic carbocycles. The van der Waals surface area contributed by atoms with Crippen molar-refractivity contribution in [3.05, 3.63) is 29.0 Å². The molecule has 0 fully saturated rings. The molecule has 0 aliphatic rings. The van der Waals surface area contributed by atoms with Crippen LogP contribution in [0.3, 0.4) is 0 Å². The predicted molar refractivity (Wildman–Crippen MR) is 64.5 cm³/mol.